The van der Waals surface area contributed by atoms with Crippen LogP contribution in [0.5, 0.6) is 5.75 Å². The van der Waals surface area contributed by atoms with Crippen molar-refractivity contribution in [3.05, 3.63) is 63.8 Å². The number of carbonyl (C=O) groups is 2. The molecule has 0 aliphatic heterocycles. The van der Waals surface area contributed by atoms with Gasteiger partial charge in [0.05, 0.1) is 32.2 Å². The first-order valence-corrected chi connectivity index (χ1v) is 12.2. The molecule has 1 aromatic heterocycles. The Morgan fingerprint density at radius 3 is 2.38 bits per heavy atom. The van der Waals surface area contributed by atoms with Gasteiger partial charge < -0.3 is 15.2 Å². The number of methoxy groups -OCH3 is 1. The zero-order chi connectivity index (χ0) is 21.3. The van der Waals surface area contributed by atoms with Crippen LogP contribution in [0.15, 0.2) is 49.1 Å². The van der Waals surface area contributed by atoms with Crippen molar-refractivity contribution in [1.29, 1.82) is 0 Å². The lowest BCUT2D eigenvalue weighted by atomic mass is 10.1. The molecular weight excluding hydrogens is 705 g/mol. The third-order valence-corrected chi connectivity index (χ3v) is 8.40. The maximum atomic E-state index is 12.9. The molecule has 1 heterocycles. The molecule has 3 aromatic rings. The summed E-state index contributed by atoms with van der Waals surface area (Å²) >= 11 is 13.6. The summed E-state index contributed by atoms with van der Waals surface area (Å²) in [5.41, 5.74) is 1.38. The van der Waals surface area contributed by atoms with E-state index in [0.29, 0.717) is 29.6 Å². The van der Waals surface area contributed by atoms with Crippen molar-refractivity contribution in [2.75, 3.05) is 12.4 Å². The van der Waals surface area contributed by atoms with Gasteiger partial charge in [-0.05, 0) is 94.1 Å². The highest BCUT2D eigenvalue weighted by molar-refractivity contribution is 14.1. The molecule has 0 spiro atoms. The molecule has 0 fully saturated rings. The number of carbonyl (C=O) groups excluding carboxylic acids is 1. The molecule has 0 aliphatic carbocycles. The lowest BCUT2D eigenvalue weighted by Gasteiger charge is -2.13. The quantitative estimate of drug-likeness (QED) is 0.216. The SMILES string of the molecule is COc1c(Br)c(Br)cc(C(=O)Nc2csc(-c3ccc(I)cc3)c2C(=O)O)c1Br. The molecule has 0 saturated carbocycles. The summed E-state index contributed by atoms with van der Waals surface area (Å²) in [4.78, 5) is 25.4. The monoisotopic (exact) mass is 713 g/mol. The zero-order valence-electron chi connectivity index (χ0n) is 14.6. The summed E-state index contributed by atoms with van der Waals surface area (Å²) in [6.07, 6.45) is 0. The van der Waals surface area contributed by atoms with Crippen molar-refractivity contribution in [3.8, 4) is 16.2 Å². The molecule has 3 rings (SSSR count). The van der Waals surface area contributed by atoms with Crippen molar-refractivity contribution in [2.24, 2.45) is 0 Å². The maximum Gasteiger partial charge on any atom is 0.339 e. The first-order valence-electron chi connectivity index (χ1n) is 7.88. The predicted octanol–water partition coefficient (Wildman–Crippen LogP) is 7.27. The number of thiophene rings is 1. The summed E-state index contributed by atoms with van der Waals surface area (Å²) in [6, 6.07) is 9.15. The zero-order valence-corrected chi connectivity index (χ0v) is 22.3. The van der Waals surface area contributed by atoms with Gasteiger partial charge in [-0.3, -0.25) is 4.79 Å². The van der Waals surface area contributed by atoms with Crippen molar-refractivity contribution >= 4 is 99.3 Å². The van der Waals surface area contributed by atoms with Gasteiger partial charge in [0, 0.05) is 13.4 Å². The Morgan fingerprint density at radius 2 is 1.79 bits per heavy atom. The molecule has 2 aromatic carbocycles. The number of ether oxygens (including phenoxy) is 1. The predicted molar refractivity (Wildman–Crippen MR) is 133 cm³/mol. The number of hydrogen-bond acceptors (Lipinski definition) is 4. The molecule has 150 valence electrons. The number of aromatic carboxylic acids is 1. The molecular formula is C19H11Br3INO4S. The second kappa shape index (κ2) is 9.46. The number of benzene rings is 2. The number of anilines is 1. The van der Waals surface area contributed by atoms with Crippen LogP contribution in [-0.2, 0) is 0 Å². The van der Waals surface area contributed by atoms with Gasteiger partial charge in [0.25, 0.3) is 5.91 Å². The normalized spacial score (nSPS) is 10.7. The third-order valence-electron chi connectivity index (χ3n) is 3.92. The molecule has 1 amide bonds. The Morgan fingerprint density at radius 1 is 1.14 bits per heavy atom. The third kappa shape index (κ3) is 4.71. The van der Waals surface area contributed by atoms with Crippen LogP contribution in [0.3, 0.4) is 0 Å². The van der Waals surface area contributed by atoms with Crippen molar-refractivity contribution < 1.29 is 19.4 Å². The van der Waals surface area contributed by atoms with Gasteiger partial charge in [0.15, 0.2) is 0 Å². The van der Waals surface area contributed by atoms with Crippen molar-refractivity contribution in [3.63, 3.8) is 0 Å². The van der Waals surface area contributed by atoms with E-state index in [1.165, 1.54) is 18.4 Å². The second-order valence-corrected chi connectivity index (χ2v) is 10.3. The fourth-order valence-corrected chi connectivity index (χ4v) is 5.75. The van der Waals surface area contributed by atoms with Gasteiger partial charge in [-0.25, -0.2) is 4.79 Å². The summed E-state index contributed by atoms with van der Waals surface area (Å²) in [5.74, 6) is -1.12. The molecule has 0 bridgehead atoms. The average Bonchev–Trinajstić information content (AvgIpc) is 3.09. The topological polar surface area (TPSA) is 75.6 Å². The minimum atomic E-state index is -1.11. The number of rotatable bonds is 5. The van der Waals surface area contributed by atoms with Gasteiger partial charge in [-0.1, -0.05) is 12.1 Å². The summed E-state index contributed by atoms with van der Waals surface area (Å²) in [5, 5.41) is 14.1. The molecule has 10 heteroatoms. The summed E-state index contributed by atoms with van der Waals surface area (Å²) in [7, 11) is 1.49. The number of halogens is 4. The van der Waals surface area contributed by atoms with E-state index in [9.17, 15) is 14.7 Å². The molecule has 0 atom stereocenters. The Labute approximate surface area is 209 Å². The molecule has 0 unspecified atom stereocenters. The standard InChI is InChI=1S/C19H11Br3INO4S/c1-28-16-14(21)10(6-11(20)15(16)22)18(25)24-12-7-29-17(13(12)19(26)27)8-2-4-9(23)5-3-8/h2-7H,1H3,(H,24,25)(H,26,27). The van der Waals surface area contributed by atoms with Crippen molar-refractivity contribution in [1.82, 2.24) is 0 Å². The fourth-order valence-electron chi connectivity index (χ4n) is 2.59. The van der Waals surface area contributed by atoms with Crippen LogP contribution >= 0.6 is 81.7 Å². The number of amides is 1. The van der Waals surface area contributed by atoms with E-state index in [1.807, 2.05) is 24.3 Å². The van der Waals surface area contributed by atoms with E-state index in [4.69, 9.17) is 4.74 Å². The van der Waals surface area contributed by atoms with Gasteiger partial charge in [0.1, 0.15) is 11.3 Å². The van der Waals surface area contributed by atoms with Crippen molar-refractivity contribution in [2.45, 2.75) is 0 Å². The second-order valence-electron chi connectivity index (χ2n) is 5.69. The van der Waals surface area contributed by atoms with Crippen LogP contribution in [-0.4, -0.2) is 24.1 Å². The Hall–Kier alpha value is -0.950. The number of nitrogens with one attached hydrogen (secondary N) is 1. The maximum absolute atomic E-state index is 12.9. The lowest BCUT2D eigenvalue weighted by Crippen LogP contribution is -2.15. The van der Waals surface area contributed by atoms with Crippen LogP contribution in [0.2, 0.25) is 0 Å². The molecule has 0 saturated heterocycles. The minimum absolute atomic E-state index is 0.0591. The van der Waals surface area contributed by atoms with Gasteiger partial charge in [-0.2, -0.15) is 0 Å². The minimum Gasteiger partial charge on any atom is -0.494 e. The lowest BCUT2D eigenvalue weighted by molar-refractivity contribution is 0.0699. The largest absolute Gasteiger partial charge is 0.494 e. The van der Waals surface area contributed by atoms with Crippen LogP contribution < -0.4 is 10.1 Å². The average molecular weight is 716 g/mol. The number of carboxylic acids is 1. The summed E-state index contributed by atoms with van der Waals surface area (Å²) < 4.78 is 8.13. The first-order chi connectivity index (χ1) is 13.7. The van der Waals surface area contributed by atoms with E-state index >= 15 is 0 Å². The number of hydrogen-bond donors (Lipinski definition) is 2. The molecule has 0 radical (unpaired) electrons. The fraction of sp³-hybridized carbons (Fsp3) is 0.0526. The van der Waals surface area contributed by atoms with Gasteiger partial charge >= 0.3 is 5.97 Å². The van der Waals surface area contributed by atoms with Crippen LogP contribution in [0.4, 0.5) is 5.69 Å². The molecule has 29 heavy (non-hydrogen) atoms. The van der Waals surface area contributed by atoms with Gasteiger partial charge in [-0.15, -0.1) is 11.3 Å². The van der Waals surface area contributed by atoms with Gasteiger partial charge in [0.2, 0.25) is 0 Å². The van der Waals surface area contributed by atoms with Crippen LogP contribution in [0.1, 0.15) is 20.7 Å². The molecule has 5 nitrogen and oxygen atoms in total. The van der Waals surface area contributed by atoms with E-state index in [0.717, 1.165) is 9.13 Å². The van der Waals surface area contributed by atoms with E-state index in [-0.39, 0.29) is 11.3 Å². The summed E-state index contributed by atoms with van der Waals surface area (Å²) in [6.45, 7) is 0. The molecule has 2 N–H and O–H groups in total. The van der Waals surface area contributed by atoms with E-state index in [2.05, 4.69) is 75.7 Å². The first kappa shape index (κ1) is 22.7. The highest BCUT2D eigenvalue weighted by atomic mass is 127. The number of carboxylic acid groups (broad SMARTS) is 1. The Balaban J connectivity index is 2.01. The van der Waals surface area contributed by atoms with E-state index < -0.39 is 11.9 Å². The molecule has 0 aliphatic rings. The van der Waals surface area contributed by atoms with E-state index in [1.54, 1.807) is 11.4 Å². The highest BCUT2D eigenvalue weighted by Crippen LogP contribution is 2.42. The van der Waals surface area contributed by atoms with Crippen LogP contribution in [0.25, 0.3) is 10.4 Å². The highest BCUT2D eigenvalue weighted by Gasteiger charge is 2.24. The Bertz CT molecular complexity index is 1120. The smallest absolute Gasteiger partial charge is 0.339 e. The van der Waals surface area contributed by atoms with Crippen LogP contribution in [0, 0.1) is 3.57 Å². The Kier molecular flexibility index (Phi) is 7.41.